The first-order valence-electron chi connectivity index (χ1n) is 7.52. The van der Waals surface area contributed by atoms with Crippen LogP contribution in [0, 0.1) is 0 Å². The minimum atomic E-state index is -0.590. The Kier molecular flexibility index (Phi) is 4.39. The van der Waals surface area contributed by atoms with E-state index >= 15 is 0 Å². The van der Waals surface area contributed by atoms with Crippen molar-refractivity contribution in [3.63, 3.8) is 0 Å². The van der Waals surface area contributed by atoms with Crippen LogP contribution in [0.4, 0.5) is 16.2 Å². The van der Waals surface area contributed by atoms with Crippen molar-refractivity contribution in [1.29, 1.82) is 0 Å². The molecule has 5 heteroatoms. The van der Waals surface area contributed by atoms with Crippen molar-refractivity contribution in [3.8, 4) is 0 Å². The van der Waals surface area contributed by atoms with Crippen LogP contribution in [-0.4, -0.2) is 16.5 Å². The van der Waals surface area contributed by atoms with Gasteiger partial charge in [0.25, 0.3) is 11.1 Å². The van der Waals surface area contributed by atoms with Crippen molar-refractivity contribution in [1.82, 2.24) is 0 Å². The van der Waals surface area contributed by atoms with Gasteiger partial charge >= 0.3 is 0 Å². The number of hydrogen-bond acceptors (Lipinski definition) is 4. The molecule has 0 saturated carbocycles. The normalized spacial score (nSPS) is 17.9. The van der Waals surface area contributed by atoms with Crippen LogP contribution in [0.25, 0.3) is 0 Å². The van der Waals surface area contributed by atoms with Gasteiger partial charge in [-0.3, -0.25) is 9.59 Å². The molecule has 1 atom stereocenters. The second kappa shape index (κ2) is 6.46. The molecular formula is C18H18N2O2S. The Hall–Kier alpha value is -2.27. The molecule has 0 spiro atoms. The van der Waals surface area contributed by atoms with Gasteiger partial charge in [-0.25, -0.2) is 4.90 Å². The van der Waals surface area contributed by atoms with Crippen molar-refractivity contribution in [2.75, 3.05) is 10.2 Å². The maximum Gasteiger partial charge on any atom is 0.295 e. The summed E-state index contributed by atoms with van der Waals surface area (Å²) < 4.78 is 0. The van der Waals surface area contributed by atoms with E-state index in [0.29, 0.717) is 11.6 Å². The monoisotopic (exact) mass is 326 g/mol. The van der Waals surface area contributed by atoms with Crippen molar-refractivity contribution >= 4 is 34.3 Å². The minimum absolute atomic E-state index is 0.237. The second-order valence-electron chi connectivity index (χ2n) is 5.69. The summed E-state index contributed by atoms with van der Waals surface area (Å²) in [6, 6.07) is 17.0. The van der Waals surface area contributed by atoms with E-state index in [1.807, 2.05) is 42.5 Å². The van der Waals surface area contributed by atoms with E-state index in [2.05, 4.69) is 19.2 Å². The Morgan fingerprint density at radius 1 is 1.00 bits per heavy atom. The molecule has 0 radical (unpaired) electrons. The third-order valence-corrected chi connectivity index (χ3v) is 4.67. The van der Waals surface area contributed by atoms with Crippen LogP contribution in [0.1, 0.15) is 25.3 Å². The number of anilines is 2. The summed E-state index contributed by atoms with van der Waals surface area (Å²) in [5.41, 5.74) is 2.68. The molecule has 3 rings (SSSR count). The average molecular weight is 326 g/mol. The zero-order chi connectivity index (χ0) is 16.4. The summed E-state index contributed by atoms with van der Waals surface area (Å²) in [6.45, 7) is 4.27. The van der Waals surface area contributed by atoms with E-state index in [9.17, 15) is 9.59 Å². The third-order valence-electron chi connectivity index (χ3n) is 3.74. The van der Waals surface area contributed by atoms with Gasteiger partial charge in [-0.15, -0.1) is 0 Å². The van der Waals surface area contributed by atoms with Crippen LogP contribution in [0.2, 0.25) is 0 Å². The molecule has 0 unspecified atom stereocenters. The molecule has 1 fully saturated rings. The van der Waals surface area contributed by atoms with Gasteiger partial charge in [0, 0.05) is 5.69 Å². The summed E-state index contributed by atoms with van der Waals surface area (Å²) in [5.74, 6) is 0.223. The van der Waals surface area contributed by atoms with Crippen LogP contribution in [0.3, 0.4) is 0 Å². The maximum absolute atomic E-state index is 12.5. The van der Waals surface area contributed by atoms with E-state index in [-0.39, 0.29) is 11.1 Å². The van der Waals surface area contributed by atoms with Gasteiger partial charge in [-0.2, -0.15) is 0 Å². The number of nitrogens with one attached hydrogen (secondary N) is 1. The van der Waals surface area contributed by atoms with Crippen molar-refractivity contribution in [2.45, 2.75) is 25.1 Å². The number of benzene rings is 2. The highest BCUT2D eigenvalue weighted by Gasteiger charge is 2.40. The predicted octanol–water partition coefficient (Wildman–Crippen LogP) is 4.45. The number of carbonyl (C=O) groups is 2. The molecular weight excluding hydrogens is 308 g/mol. The van der Waals surface area contributed by atoms with E-state index in [0.717, 1.165) is 17.4 Å². The van der Waals surface area contributed by atoms with Gasteiger partial charge < -0.3 is 5.32 Å². The first-order valence-corrected chi connectivity index (χ1v) is 8.40. The van der Waals surface area contributed by atoms with Crippen LogP contribution in [-0.2, 0) is 4.79 Å². The van der Waals surface area contributed by atoms with Crippen LogP contribution in [0.5, 0.6) is 0 Å². The Balaban J connectivity index is 1.75. The van der Waals surface area contributed by atoms with Crippen molar-refractivity contribution < 1.29 is 9.59 Å². The molecule has 2 aromatic carbocycles. The topological polar surface area (TPSA) is 49.4 Å². The molecule has 23 heavy (non-hydrogen) atoms. The number of nitrogens with zero attached hydrogens (tertiary/aromatic N) is 1. The van der Waals surface area contributed by atoms with Gasteiger partial charge in [0.15, 0.2) is 5.37 Å². The van der Waals surface area contributed by atoms with E-state index in [4.69, 9.17) is 0 Å². The van der Waals surface area contributed by atoms with Gasteiger partial charge in [0.05, 0.1) is 5.69 Å². The van der Waals surface area contributed by atoms with Gasteiger partial charge in [-0.05, 0) is 47.5 Å². The number of rotatable bonds is 4. The molecule has 0 aromatic heterocycles. The quantitative estimate of drug-likeness (QED) is 0.902. The van der Waals surface area contributed by atoms with Crippen molar-refractivity contribution in [3.05, 3.63) is 60.2 Å². The Bertz CT molecular complexity index is 714. The second-order valence-corrected chi connectivity index (χ2v) is 6.75. The summed E-state index contributed by atoms with van der Waals surface area (Å²) in [5, 5.41) is 2.30. The van der Waals surface area contributed by atoms with Crippen LogP contribution < -0.4 is 10.2 Å². The van der Waals surface area contributed by atoms with E-state index in [1.165, 1.54) is 10.5 Å². The predicted molar refractivity (Wildman–Crippen MR) is 94.9 cm³/mol. The molecule has 0 aliphatic carbocycles. The molecule has 1 aliphatic heterocycles. The number of hydrogen-bond donors (Lipinski definition) is 1. The summed E-state index contributed by atoms with van der Waals surface area (Å²) >= 11 is 1.01. The molecule has 1 heterocycles. The fraction of sp³-hybridized carbons (Fsp3) is 0.222. The maximum atomic E-state index is 12.5. The van der Waals surface area contributed by atoms with Gasteiger partial charge in [-0.1, -0.05) is 44.2 Å². The van der Waals surface area contributed by atoms with Crippen LogP contribution in [0.15, 0.2) is 54.6 Å². The Labute approximate surface area is 139 Å². The minimum Gasteiger partial charge on any atom is -0.365 e. The third kappa shape index (κ3) is 3.24. The lowest BCUT2D eigenvalue weighted by molar-refractivity contribution is -0.116. The fourth-order valence-electron chi connectivity index (χ4n) is 2.43. The van der Waals surface area contributed by atoms with Crippen LogP contribution >= 0.6 is 11.8 Å². The summed E-state index contributed by atoms with van der Waals surface area (Å²) in [4.78, 5) is 25.9. The first-order chi connectivity index (χ1) is 11.1. The standard InChI is InChI=1S/C18H18N2O2S/c1-12(2)13-8-10-14(11-9-13)19-16-17(21)20(18(22)23-16)15-6-4-3-5-7-15/h3-12,16,19H,1-2H3/t16-/m1/s1. The lowest BCUT2D eigenvalue weighted by Gasteiger charge is -2.15. The fourth-order valence-corrected chi connectivity index (χ4v) is 3.33. The van der Waals surface area contributed by atoms with Gasteiger partial charge in [0.2, 0.25) is 0 Å². The van der Waals surface area contributed by atoms with Gasteiger partial charge in [0.1, 0.15) is 0 Å². The molecule has 2 aromatic rings. The summed E-state index contributed by atoms with van der Waals surface area (Å²) in [6.07, 6.45) is 0. The number of para-hydroxylation sites is 1. The Morgan fingerprint density at radius 3 is 2.26 bits per heavy atom. The molecule has 118 valence electrons. The number of amides is 2. The van der Waals surface area contributed by atoms with E-state index in [1.54, 1.807) is 12.1 Å². The summed E-state index contributed by atoms with van der Waals surface area (Å²) in [7, 11) is 0. The average Bonchev–Trinajstić information content (AvgIpc) is 2.82. The Morgan fingerprint density at radius 2 is 1.65 bits per heavy atom. The zero-order valence-corrected chi connectivity index (χ0v) is 13.8. The molecule has 0 bridgehead atoms. The highest BCUT2D eigenvalue weighted by Crippen LogP contribution is 2.32. The SMILES string of the molecule is CC(C)c1ccc(N[C@@H]2SC(=O)N(c3ccccc3)C2=O)cc1. The first kappa shape index (κ1) is 15.6. The number of carbonyl (C=O) groups excluding carboxylic acids is 2. The smallest absolute Gasteiger partial charge is 0.295 e. The zero-order valence-electron chi connectivity index (χ0n) is 13.0. The molecule has 1 N–H and O–H groups in total. The molecule has 2 amide bonds. The van der Waals surface area contributed by atoms with Crippen molar-refractivity contribution in [2.24, 2.45) is 0 Å². The number of imide groups is 1. The highest BCUT2D eigenvalue weighted by atomic mass is 32.2. The highest BCUT2D eigenvalue weighted by molar-refractivity contribution is 8.16. The molecule has 1 saturated heterocycles. The number of thioether (sulfide) groups is 1. The molecule has 1 aliphatic rings. The van der Waals surface area contributed by atoms with E-state index < -0.39 is 5.37 Å². The lowest BCUT2D eigenvalue weighted by atomic mass is 10.0. The molecule has 4 nitrogen and oxygen atoms in total. The largest absolute Gasteiger partial charge is 0.365 e. The lowest BCUT2D eigenvalue weighted by Crippen LogP contribution is -2.34.